The highest BCUT2D eigenvalue weighted by molar-refractivity contribution is 5.40. The number of phenolic OH excluding ortho intramolecular Hbond substituents is 1. The summed E-state index contributed by atoms with van der Waals surface area (Å²) in [5.41, 5.74) is 2.32. The van der Waals surface area contributed by atoms with E-state index in [-0.39, 0.29) is 12.0 Å². The summed E-state index contributed by atoms with van der Waals surface area (Å²) in [7, 11) is 0. The molecule has 0 aliphatic heterocycles. The van der Waals surface area contributed by atoms with Gasteiger partial charge in [0, 0.05) is 6.61 Å². The number of phenols is 1. The van der Waals surface area contributed by atoms with Crippen molar-refractivity contribution >= 4 is 0 Å². The van der Waals surface area contributed by atoms with Crippen LogP contribution < -0.4 is 0 Å². The molecule has 0 saturated heterocycles. The average Bonchev–Trinajstić information content (AvgIpc) is 2.90. The van der Waals surface area contributed by atoms with Gasteiger partial charge < -0.3 is 15.3 Å². The van der Waals surface area contributed by atoms with Gasteiger partial charge in [0.15, 0.2) is 0 Å². The van der Waals surface area contributed by atoms with Gasteiger partial charge in [0.05, 0.1) is 5.60 Å². The standard InChI is InChI=1S/C23H34O3/c1-22-12-9-19-18-8-6-17(25)15-16(18)5-7-20(19)21(22)10-13-23(22,26)11-3-2-4-14-24/h6,8,15,19-21,24-26H,2-5,7,9-14H2,1H3/t19-,20-,21+,22+,23+/m1/s1. The fourth-order valence-electron chi connectivity index (χ4n) is 6.80. The smallest absolute Gasteiger partial charge is 0.115 e. The first-order valence-electron chi connectivity index (χ1n) is 10.6. The Kier molecular flexibility index (Phi) is 4.81. The molecule has 3 N–H and O–H groups in total. The van der Waals surface area contributed by atoms with Gasteiger partial charge in [-0.1, -0.05) is 25.8 Å². The maximum absolute atomic E-state index is 11.6. The van der Waals surface area contributed by atoms with Crippen LogP contribution in [0.3, 0.4) is 0 Å². The van der Waals surface area contributed by atoms with E-state index in [0.717, 1.165) is 57.8 Å². The summed E-state index contributed by atoms with van der Waals surface area (Å²) in [6.07, 6.45) is 10.4. The van der Waals surface area contributed by atoms with Crippen LogP contribution in [0.15, 0.2) is 18.2 Å². The summed E-state index contributed by atoms with van der Waals surface area (Å²) in [5, 5.41) is 30.4. The van der Waals surface area contributed by atoms with E-state index in [2.05, 4.69) is 13.0 Å². The zero-order valence-electron chi connectivity index (χ0n) is 16.1. The van der Waals surface area contributed by atoms with Gasteiger partial charge in [-0.15, -0.1) is 0 Å². The third kappa shape index (κ3) is 2.79. The van der Waals surface area contributed by atoms with Crippen molar-refractivity contribution in [2.45, 2.75) is 82.7 Å². The Hall–Kier alpha value is -1.06. The minimum Gasteiger partial charge on any atom is -0.508 e. The Morgan fingerprint density at radius 3 is 2.73 bits per heavy atom. The van der Waals surface area contributed by atoms with E-state index in [1.54, 1.807) is 0 Å². The first kappa shape index (κ1) is 18.3. The largest absolute Gasteiger partial charge is 0.508 e. The van der Waals surface area contributed by atoms with Crippen molar-refractivity contribution in [2.75, 3.05) is 6.61 Å². The van der Waals surface area contributed by atoms with Gasteiger partial charge in [0.25, 0.3) is 0 Å². The summed E-state index contributed by atoms with van der Waals surface area (Å²) < 4.78 is 0. The lowest BCUT2D eigenvalue weighted by molar-refractivity contribution is -0.108. The Morgan fingerprint density at radius 1 is 1.08 bits per heavy atom. The van der Waals surface area contributed by atoms with Crippen LogP contribution in [0.25, 0.3) is 0 Å². The van der Waals surface area contributed by atoms with E-state index in [9.17, 15) is 10.2 Å². The van der Waals surface area contributed by atoms with Crippen molar-refractivity contribution in [3.8, 4) is 5.75 Å². The summed E-state index contributed by atoms with van der Waals surface area (Å²) in [6, 6.07) is 5.97. The molecule has 3 nitrogen and oxygen atoms in total. The third-order valence-corrected chi connectivity index (χ3v) is 8.28. The summed E-state index contributed by atoms with van der Waals surface area (Å²) in [6.45, 7) is 2.62. The molecule has 0 aromatic heterocycles. The molecule has 1 aromatic rings. The highest BCUT2D eigenvalue weighted by Gasteiger charge is 2.60. The molecule has 3 aliphatic carbocycles. The zero-order valence-corrected chi connectivity index (χ0v) is 16.1. The molecule has 2 fully saturated rings. The number of rotatable bonds is 5. The first-order valence-corrected chi connectivity index (χ1v) is 10.6. The SMILES string of the molecule is C[C@]12CC[C@@H]3c4ccc(O)cc4CC[C@H]3[C@@H]1CC[C@@]2(O)CCCCCO. The lowest BCUT2D eigenvalue weighted by Crippen LogP contribution is -2.50. The monoisotopic (exact) mass is 358 g/mol. The molecule has 1 aromatic carbocycles. The molecule has 144 valence electrons. The first-order chi connectivity index (χ1) is 12.5. The Bertz CT molecular complexity index is 657. The highest BCUT2D eigenvalue weighted by Crippen LogP contribution is 2.65. The molecule has 0 heterocycles. The lowest BCUT2D eigenvalue weighted by atomic mass is 9.53. The third-order valence-electron chi connectivity index (χ3n) is 8.28. The number of aliphatic hydroxyl groups excluding tert-OH is 1. The van der Waals surface area contributed by atoms with E-state index >= 15 is 0 Å². The molecule has 0 bridgehead atoms. The van der Waals surface area contributed by atoms with E-state index in [1.807, 2.05) is 12.1 Å². The molecular weight excluding hydrogens is 324 g/mol. The van der Waals surface area contributed by atoms with Crippen molar-refractivity contribution in [2.24, 2.45) is 17.3 Å². The second-order valence-electron chi connectivity index (χ2n) is 9.36. The van der Waals surface area contributed by atoms with Gasteiger partial charge >= 0.3 is 0 Å². The quantitative estimate of drug-likeness (QED) is 0.678. The second-order valence-corrected chi connectivity index (χ2v) is 9.36. The molecule has 0 unspecified atom stereocenters. The molecule has 3 heteroatoms. The van der Waals surface area contributed by atoms with E-state index < -0.39 is 5.60 Å². The molecule has 5 atom stereocenters. The number of unbranched alkanes of at least 4 members (excludes halogenated alkanes) is 2. The van der Waals surface area contributed by atoms with Crippen molar-refractivity contribution in [3.05, 3.63) is 29.3 Å². The van der Waals surface area contributed by atoms with Gasteiger partial charge in [0.1, 0.15) is 5.75 Å². The predicted molar refractivity (Wildman–Crippen MR) is 103 cm³/mol. The number of hydrogen-bond acceptors (Lipinski definition) is 3. The average molecular weight is 359 g/mol. The second kappa shape index (κ2) is 6.83. The van der Waals surface area contributed by atoms with Crippen molar-refractivity contribution < 1.29 is 15.3 Å². The van der Waals surface area contributed by atoms with E-state index in [0.29, 0.717) is 23.5 Å². The van der Waals surface area contributed by atoms with Gasteiger partial charge in [-0.25, -0.2) is 0 Å². The molecule has 0 radical (unpaired) electrons. The minimum atomic E-state index is -0.521. The number of benzene rings is 1. The fourth-order valence-corrected chi connectivity index (χ4v) is 6.80. The van der Waals surface area contributed by atoms with E-state index in [4.69, 9.17) is 5.11 Å². The van der Waals surface area contributed by atoms with Crippen LogP contribution in [0.2, 0.25) is 0 Å². The van der Waals surface area contributed by atoms with Crippen LogP contribution in [0.4, 0.5) is 0 Å². The normalized spacial score (nSPS) is 38.5. The molecule has 26 heavy (non-hydrogen) atoms. The van der Waals surface area contributed by atoms with Crippen molar-refractivity contribution in [1.82, 2.24) is 0 Å². The molecule has 0 spiro atoms. The lowest BCUT2D eigenvalue weighted by Gasteiger charge is -2.53. The van der Waals surface area contributed by atoms with Crippen LogP contribution in [-0.2, 0) is 6.42 Å². The summed E-state index contributed by atoms with van der Waals surface area (Å²) >= 11 is 0. The summed E-state index contributed by atoms with van der Waals surface area (Å²) in [5.74, 6) is 2.29. The number of aliphatic hydroxyl groups is 2. The van der Waals surface area contributed by atoms with Crippen LogP contribution in [0, 0.1) is 17.3 Å². The fraction of sp³-hybridized carbons (Fsp3) is 0.739. The molecule has 3 aliphatic rings. The maximum Gasteiger partial charge on any atom is 0.115 e. The molecule has 4 rings (SSSR count). The van der Waals surface area contributed by atoms with E-state index in [1.165, 1.54) is 17.5 Å². The maximum atomic E-state index is 11.6. The number of hydrogen-bond donors (Lipinski definition) is 3. The predicted octanol–water partition coefficient (Wildman–Crippen LogP) is 4.53. The Morgan fingerprint density at radius 2 is 1.92 bits per heavy atom. The van der Waals surface area contributed by atoms with Crippen LogP contribution in [0.1, 0.15) is 81.8 Å². The number of aryl methyl sites for hydroxylation is 1. The van der Waals surface area contributed by atoms with Gasteiger partial charge in [-0.2, -0.15) is 0 Å². The minimum absolute atomic E-state index is 0.0435. The number of aromatic hydroxyl groups is 1. The highest BCUT2D eigenvalue weighted by atomic mass is 16.3. The topological polar surface area (TPSA) is 60.7 Å². The van der Waals surface area contributed by atoms with Gasteiger partial charge in [-0.05, 0) is 97.8 Å². The van der Waals surface area contributed by atoms with Gasteiger partial charge in [0.2, 0.25) is 0 Å². The van der Waals surface area contributed by atoms with Crippen molar-refractivity contribution in [3.63, 3.8) is 0 Å². The van der Waals surface area contributed by atoms with Crippen LogP contribution in [0.5, 0.6) is 5.75 Å². The van der Waals surface area contributed by atoms with Crippen LogP contribution in [-0.4, -0.2) is 27.5 Å². The molecular formula is C23H34O3. The van der Waals surface area contributed by atoms with Crippen LogP contribution >= 0.6 is 0 Å². The van der Waals surface area contributed by atoms with Gasteiger partial charge in [-0.3, -0.25) is 0 Å². The van der Waals surface area contributed by atoms with Crippen molar-refractivity contribution in [1.29, 1.82) is 0 Å². The molecule has 2 saturated carbocycles. The Balaban J connectivity index is 1.54. The zero-order chi connectivity index (χ0) is 18.4. The number of fused-ring (bicyclic) bond motifs is 5. The molecule has 0 amide bonds. The Labute approximate surface area is 157 Å². The summed E-state index contributed by atoms with van der Waals surface area (Å²) in [4.78, 5) is 0.